The molecule has 1 aromatic carbocycles. The number of nitrogens with one attached hydrogen (secondary N) is 1. The molecule has 0 heterocycles. The zero-order chi connectivity index (χ0) is 15.3. The van der Waals surface area contributed by atoms with Crippen LogP contribution in [0.2, 0.25) is 5.02 Å². The normalized spacial score (nSPS) is 13.9. The van der Waals surface area contributed by atoms with E-state index in [1.54, 1.807) is 25.1 Å². The number of halogens is 1. The van der Waals surface area contributed by atoms with Crippen LogP contribution in [-0.4, -0.2) is 29.8 Å². The molecular formula is C15H22ClNO3. The topological polar surface area (TPSA) is 58.6 Å². The van der Waals surface area contributed by atoms with Gasteiger partial charge in [-0.1, -0.05) is 25.4 Å². The van der Waals surface area contributed by atoms with E-state index in [4.69, 9.17) is 16.3 Å². The molecule has 2 unspecified atom stereocenters. The van der Waals surface area contributed by atoms with Crippen molar-refractivity contribution >= 4 is 17.5 Å². The summed E-state index contributed by atoms with van der Waals surface area (Å²) in [6.45, 7) is 7.56. The number of carbonyl (C=O) groups is 1. The van der Waals surface area contributed by atoms with Gasteiger partial charge < -0.3 is 15.2 Å². The number of aryl methyl sites for hydroxylation is 1. The molecule has 20 heavy (non-hydrogen) atoms. The third-order valence-electron chi connectivity index (χ3n) is 3.07. The monoisotopic (exact) mass is 299 g/mol. The Morgan fingerprint density at radius 3 is 2.60 bits per heavy atom. The number of carbonyl (C=O) groups excluding carboxylic acids is 1. The van der Waals surface area contributed by atoms with Crippen LogP contribution in [0.25, 0.3) is 0 Å². The van der Waals surface area contributed by atoms with E-state index < -0.39 is 12.2 Å². The summed E-state index contributed by atoms with van der Waals surface area (Å²) in [5.41, 5.74) is 0.895. The minimum Gasteiger partial charge on any atom is -0.481 e. The summed E-state index contributed by atoms with van der Waals surface area (Å²) in [7, 11) is 0. The van der Waals surface area contributed by atoms with E-state index in [0.29, 0.717) is 10.8 Å². The fraction of sp³-hybridized carbons (Fsp3) is 0.533. The molecule has 2 N–H and O–H groups in total. The highest BCUT2D eigenvalue weighted by atomic mass is 35.5. The molecule has 0 aromatic heterocycles. The summed E-state index contributed by atoms with van der Waals surface area (Å²) >= 11 is 5.93. The van der Waals surface area contributed by atoms with Crippen molar-refractivity contribution in [3.63, 3.8) is 0 Å². The Morgan fingerprint density at radius 2 is 2.05 bits per heavy atom. The minimum atomic E-state index is -0.630. The molecule has 0 aliphatic carbocycles. The van der Waals surface area contributed by atoms with Crippen LogP contribution in [0.3, 0.4) is 0 Å². The predicted molar refractivity (Wildman–Crippen MR) is 80.1 cm³/mol. The first-order chi connectivity index (χ1) is 9.31. The molecule has 4 nitrogen and oxygen atoms in total. The van der Waals surface area contributed by atoms with E-state index >= 15 is 0 Å². The van der Waals surface area contributed by atoms with Crippen molar-refractivity contribution in [2.45, 2.75) is 39.9 Å². The molecular weight excluding hydrogens is 278 g/mol. The summed E-state index contributed by atoms with van der Waals surface area (Å²) in [6.07, 6.45) is -1.18. The molecule has 0 aliphatic heterocycles. The number of ether oxygens (including phenoxy) is 1. The lowest BCUT2D eigenvalue weighted by molar-refractivity contribution is -0.127. The highest BCUT2D eigenvalue weighted by molar-refractivity contribution is 6.31. The molecule has 0 spiro atoms. The maximum atomic E-state index is 11.9. The van der Waals surface area contributed by atoms with E-state index in [-0.39, 0.29) is 18.4 Å². The third kappa shape index (κ3) is 5.02. The number of hydrogen-bond acceptors (Lipinski definition) is 3. The average Bonchev–Trinajstić information content (AvgIpc) is 2.39. The molecule has 1 amide bonds. The molecule has 0 fully saturated rings. The van der Waals surface area contributed by atoms with Gasteiger partial charge in [-0.25, -0.2) is 0 Å². The van der Waals surface area contributed by atoms with Gasteiger partial charge in [-0.3, -0.25) is 4.79 Å². The molecule has 5 heteroatoms. The van der Waals surface area contributed by atoms with Gasteiger partial charge in [-0.05, 0) is 43.5 Å². The zero-order valence-electron chi connectivity index (χ0n) is 12.3. The first-order valence-electron chi connectivity index (χ1n) is 6.70. The summed E-state index contributed by atoms with van der Waals surface area (Å²) in [5.74, 6) is 0.446. The Bertz CT molecular complexity index is 462. The Morgan fingerprint density at radius 1 is 1.40 bits per heavy atom. The first-order valence-corrected chi connectivity index (χ1v) is 7.07. The minimum absolute atomic E-state index is 0.102. The highest BCUT2D eigenvalue weighted by Crippen LogP contribution is 2.21. The van der Waals surface area contributed by atoms with Gasteiger partial charge in [0.2, 0.25) is 0 Å². The van der Waals surface area contributed by atoms with E-state index in [2.05, 4.69) is 5.32 Å². The van der Waals surface area contributed by atoms with E-state index in [0.717, 1.165) is 5.56 Å². The molecule has 0 saturated carbocycles. The van der Waals surface area contributed by atoms with Crippen molar-refractivity contribution < 1.29 is 14.6 Å². The Kier molecular flexibility index (Phi) is 6.30. The predicted octanol–water partition coefficient (Wildman–Crippen LogP) is 2.55. The van der Waals surface area contributed by atoms with Gasteiger partial charge in [0.25, 0.3) is 5.91 Å². The quantitative estimate of drug-likeness (QED) is 0.849. The lowest BCUT2D eigenvalue weighted by atomic mass is 10.1. The van der Waals surface area contributed by atoms with Gasteiger partial charge >= 0.3 is 0 Å². The fourth-order valence-electron chi connectivity index (χ4n) is 1.53. The smallest absolute Gasteiger partial charge is 0.260 e. The second-order valence-corrected chi connectivity index (χ2v) is 5.63. The SMILES string of the molecule is Cc1cc(OC(C)C(=O)NCC(O)C(C)C)ccc1Cl. The average molecular weight is 300 g/mol. The van der Waals surface area contributed by atoms with Crippen molar-refractivity contribution in [1.82, 2.24) is 5.32 Å². The summed E-state index contributed by atoms with van der Waals surface area (Å²) in [5, 5.41) is 13.0. The van der Waals surface area contributed by atoms with Crippen LogP contribution in [0.5, 0.6) is 5.75 Å². The summed E-state index contributed by atoms with van der Waals surface area (Å²) < 4.78 is 5.55. The van der Waals surface area contributed by atoms with Crippen LogP contribution in [-0.2, 0) is 4.79 Å². The van der Waals surface area contributed by atoms with Crippen molar-refractivity contribution in [2.75, 3.05) is 6.54 Å². The Labute approximate surface area is 125 Å². The third-order valence-corrected chi connectivity index (χ3v) is 3.49. The van der Waals surface area contributed by atoms with Crippen molar-refractivity contribution in [3.05, 3.63) is 28.8 Å². The number of aliphatic hydroxyl groups is 1. The number of hydrogen-bond donors (Lipinski definition) is 2. The van der Waals surface area contributed by atoms with Crippen molar-refractivity contribution in [1.29, 1.82) is 0 Å². The number of aliphatic hydroxyl groups excluding tert-OH is 1. The molecule has 0 radical (unpaired) electrons. The molecule has 112 valence electrons. The molecule has 0 bridgehead atoms. The standard InChI is InChI=1S/C15H22ClNO3/c1-9(2)14(18)8-17-15(19)11(4)20-12-5-6-13(16)10(3)7-12/h5-7,9,11,14,18H,8H2,1-4H3,(H,17,19). The Hall–Kier alpha value is -1.26. The molecule has 2 atom stereocenters. The zero-order valence-corrected chi connectivity index (χ0v) is 13.1. The highest BCUT2D eigenvalue weighted by Gasteiger charge is 2.17. The lowest BCUT2D eigenvalue weighted by Gasteiger charge is -2.18. The van der Waals surface area contributed by atoms with Crippen LogP contribution in [0.15, 0.2) is 18.2 Å². The van der Waals surface area contributed by atoms with Crippen LogP contribution < -0.4 is 10.1 Å². The lowest BCUT2D eigenvalue weighted by Crippen LogP contribution is -2.41. The molecule has 0 saturated heterocycles. The maximum absolute atomic E-state index is 11.9. The van der Waals surface area contributed by atoms with Crippen molar-refractivity contribution in [2.24, 2.45) is 5.92 Å². The molecule has 1 rings (SSSR count). The largest absolute Gasteiger partial charge is 0.481 e. The first kappa shape index (κ1) is 16.8. The van der Waals surface area contributed by atoms with Gasteiger partial charge in [0.1, 0.15) is 5.75 Å². The summed E-state index contributed by atoms with van der Waals surface area (Å²) in [4.78, 5) is 11.9. The van der Waals surface area contributed by atoms with E-state index in [1.807, 2.05) is 20.8 Å². The fourth-order valence-corrected chi connectivity index (χ4v) is 1.65. The van der Waals surface area contributed by atoms with Gasteiger partial charge in [-0.2, -0.15) is 0 Å². The van der Waals surface area contributed by atoms with E-state index in [1.165, 1.54) is 0 Å². The van der Waals surface area contributed by atoms with Gasteiger partial charge in [-0.15, -0.1) is 0 Å². The second kappa shape index (κ2) is 7.50. The maximum Gasteiger partial charge on any atom is 0.260 e. The van der Waals surface area contributed by atoms with Crippen LogP contribution in [0.1, 0.15) is 26.3 Å². The van der Waals surface area contributed by atoms with E-state index in [9.17, 15) is 9.90 Å². The van der Waals surface area contributed by atoms with Crippen LogP contribution >= 0.6 is 11.6 Å². The number of rotatable bonds is 6. The number of amides is 1. The second-order valence-electron chi connectivity index (χ2n) is 5.23. The van der Waals surface area contributed by atoms with Crippen molar-refractivity contribution in [3.8, 4) is 5.75 Å². The van der Waals surface area contributed by atoms with Gasteiger partial charge in [0, 0.05) is 11.6 Å². The van der Waals surface area contributed by atoms with Crippen LogP contribution in [0.4, 0.5) is 0 Å². The number of benzene rings is 1. The van der Waals surface area contributed by atoms with Gasteiger partial charge in [0.05, 0.1) is 6.10 Å². The Balaban J connectivity index is 2.51. The van der Waals surface area contributed by atoms with Crippen LogP contribution in [0, 0.1) is 12.8 Å². The summed E-state index contributed by atoms with van der Waals surface area (Å²) in [6, 6.07) is 5.25. The molecule has 1 aromatic rings. The molecule has 0 aliphatic rings. The van der Waals surface area contributed by atoms with Gasteiger partial charge in [0.15, 0.2) is 6.10 Å².